The summed E-state index contributed by atoms with van der Waals surface area (Å²) in [6, 6.07) is 10.2. The van der Waals surface area contributed by atoms with E-state index < -0.39 is 0 Å². The molecule has 15 heavy (non-hydrogen) atoms. The van der Waals surface area contributed by atoms with Crippen LogP contribution in [0.5, 0.6) is 0 Å². The third-order valence-corrected chi connectivity index (χ3v) is 2.71. The van der Waals surface area contributed by atoms with Crippen molar-refractivity contribution in [1.82, 2.24) is 0 Å². The van der Waals surface area contributed by atoms with E-state index in [1.807, 2.05) is 18.2 Å². The molecule has 0 aliphatic carbocycles. The summed E-state index contributed by atoms with van der Waals surface area (Å²) in [6.07, 6.45) is 3.54. The van der Waals surface area contributed by atoms with Gasteiger partial charge >= 0.3 is 0 Å². The average molecular weight is 206 g/mol. The first-order valence-electron chi connectivity index (χ1n) is 5.72. The van der Waals surface area contributed by atoms with E-state index >= 15 is 0 Å². The highest BCUT2D eigenvalue weighted by Crippen LogP contribution is 2.27. The molecule has 1 aliphatic rings. The largest absolute Gasteiger partial charge is 0.348 e. The Morgan fingerprint density at radius 1 is 1.27 bits per heavy atom. The smallest absolute Gasteiger partial charge is 0.184 e. The van der Waals surface area contributed by atoms with Crippen molar-refractivity contribution in [3.05, 3.63) is 35.9 Å². The first-order chi connectivity index (χ1) is 7.40. The molecular formula is C13H18O2. The lowest BCUT2D eigenvalue weighted by molar-refractivity contribution is -0.218. The molecule has 0 bridgehead atoms. The molecule has 2 nitrogen and oxygen atoms in total. The molecule has 0 saturated carbocycles. The molecule has 0 spiro atoms. The van der Waals surface area contributed by atoms with E-state index in [1.54, 1.807) is 0 Å². The molecule has 2 heteroatoms. The van der Waals surface area contributed by atoms with E-state index in [0.717, 1.165) is 25.0 Å². The third-order valence-electron chi connectivity index (χ3n) is 2.71. The Balaban J connectivity index is 1.98. The van der Waals surface area contributed by atoms with E-state index in [2.05, 4.69) is 19.1 Å². The van der Waals surface area contributed by atoms with Crippen LogP contribution in [-0.4, -0.2) is 12.7 Å². The Bertz CT molecular complexity index is 282. The molecule has 2 unspecified atom stereocenters. The molecule has 82 valence electrons. The summed E-state index contributed by atoms with van der Waals surface area (Å²) >= 11 is 0. The van der Waals surface area contributed by atoms with E-state index in [0.29, 0.717) is 6.10 Å². The van der Waals surface area contributed by atoms with Gasteiger partial charge in [0.25, 0.3) is 0 Å². The van der Waals surface area contributed by atoms with Crippen LogP contribution in [0.25, 0.3) is 0 Å². The van der Waals surface area contributed by atoms with E-state index in [1.165, 1.54) is 6.42 Å². The maximum absolute atomic E-state index is 5.89. The van der Waals surface area contributed by atoms with Crippen LogP contribution in [0.1, 0.15) is 38.0 Å². The molecule has 1 aromatic carbocycles. The Morgan fingerprint density at radius 3 is 2.80 bits per heavy atom. The van der Waals surface area contributed by atoms with Crippen LogP contribution in [0.15, 0.2) is 30.3 Å². The predicted octanol–water partition coefficient (Wildman–Crippen LogP) is 3.29. The van der Waals surface area contributed by atoms with Crippen molar-refractivity contribution < 1.29 is 9.47 Å². The molecule has 0 amide bonds. The maximum atomic E-state index is 5.89. The first kappa shape index (κ1) is 10.7. The standard InChI is InChI=1S/C13H18O2/c1-2-6-12-9-10-14-13(15-12)11-7-4-3-5-8-11/h3-5,7-8,12-13H,2,6,9-10H2,1H3. The van der Waals surface area contributed by atoms with Crippen LogP contribution in [0, 0.1) is 0 Å². The molecule has 0 N–H and O–H groups in total. The van der Waals surface area contributed by atoms with Gasteiger partial charge in [-0.1, -0.05) is 43.7 Å². The fraction of sp³-hybridized carbons (Fsp3) is 0.538. The Labute approximate surface area is 91.2 Å². The highest BCUT2D eigenvalue weighted by molar-refractivity contribution is 5.16. The quantitative estimate of drug-likeness (QED) is 0.755. The first-order valence-corrected chi connectivity index (χ1v) is 5.72. The molecular weight excluding hydrogens is 188 g/mol. The topological polar surface area (TPSA) is 18.5 Å². The molecule has 1 aromatic rings. The predicted molar refractivity (Wildman–Crippen MR) is 59.5 cm³/mol. The molecule has 1 aliphatic heterocycles. The minimum absolute atomic E-state index is 0.156. The molecule has 0 aromatic heterocycles. The molecule has 1 heterocycles. The van der Waals surface area contributed by atoms with Crippen LogP contribution in [0.2, 0.25) is 0 Å². The third kappa shape index (κ3) is 2.80. The highest BCUT2D eigenvalue weighted by Gasteiger charge is 2.23. The normalized spacial score (nSPS) is 26.5. The average Bonchev–Trinajstić information content (AvgIpc) is 2.31. The van der Waals surface area contributed by atoms with Gasteiger partial charge in [0.1, 0.15) is 0 Å². The van der Waals surface area contributed by atoms with Crippen LogP contribution < -0.4 is 0 Å². The lowest BCUT2D eigenvalue weighted by atomic mass is 10.1. The van der Waals surface area contributed by atoms with Crippen molar-refractivity contribution >= 4 is 0 Å². The SMILES string of the molecule is CCCC1CCOC(c2ccccc2)O1. The van der Waals surface area contributed by atoms with E-state index in [4.69, 9.17) is 9.47 Å². The zero-order valence-electron chi connectivity index (χ0n) is 9.19. The Hall–Kier alpha value is -0.860. The van der Waals surface area contributed by atoms with Crippen molar-refractivity contribution in [2.45, 2.75) is 38.6 Å². The maximum Gasteiger partial charge on any atom is 0.184 e. The van der Waals surface area contributed by atoms with Gasteiger partial charge in [0, 0.05) is 5.56 Å². The summed E-state index contributed by atoms with van der Waals surface area (Å²) in [6.45, 7) is 3.00. The van der Waals surface area contributed by atoms with Crippen molar-refractivity contribution in [2.75, 3.05) is 6.61 Å². The van der Waals surface area contributed by atoms with E-state index in [9.17, 15) is 0 Å². The zero-order chi connectivity index (χ0) is 10.5. The van der Waals surface area contributed by atoms with E-state index in [-0.39, 0.29) is 6.29 Å². The van der Waals surface area contributed by atoms with Crippen LogP contribution >= 0.6 is 0 Å². The van der Waals surface area contributed by atoms with Crippen molar-refractivity contribution in [1.29, 1.82) is 0 Å². The lowest BCUT2D eigenvalue weighted by Crippen LogP contribution is -2.26. The van der Waals surface area contributed by atoms with Gasteiger partial charge in [-0.25, -0.2) is 0 Å². The van der Waals surface area contributed by atoms with Gasteiger partial charge in [0.15, 0.2) is 6.29 Å². The van der Waals surface area contributed by atoms with Gasteiger partial charge in [-0.15, -0.1) is 0 Å². The van der Waals surface area contributed by atoms with Crippen molar-refractivity contribution in [3.8, 4) is 0 Å². The number of benzene rings is 1. The summed E-state index contributed by atoms with van der Waals surface area (Å²) in [5, 5.41) is 0. The zero-order valence-corrected chi connectivity index (χ0v) is 9.19. The monoisotopic (exact) mass is 206 g/mol. The highest BCUT2D eigenvalue weighted by atomic mass is 16.7. The number of hydrogen-bond donors (Lipinski definition) is 0. The molecule has 2 atom stereocenters. The minimum Gasteiger partial charge on any atom is -0.348 e. The van der Waals surface area contributed by atoms with Gasteiger partial charge in [-0.3, -0.25) is 0 Å². The van der Waals surface area contributed by atoms with Gasteiger partial charge < -0.3 is 9.47 Å². The molecule has 1 saturated heterocycles. The summed E-state index contributed by atoms with van der Waals surface area (Å²) in [4.78, 5) is 0. The summed E-state index contributed by atoms with van der Waals surface area (Å²) in [7, 11) is 0. The molecule has 1 fully saturated rings. The fourth-order valence-corrected chi connectivity index (χ4v) is 1.91. The fourth-order valence-electron chi connectivity index (χ4n) is 1.91. The molecule has 0 radical (unpaired) electrons. The minimum atomic E-state index is -0.156. The Kier molecular flexibility index (Phi) is 3.75. The summed E-state index contributed by atoms with van der Waals surface area (Å²) in [5.74, 6) is 0. The number of ether oxygens (including phenoxy) is 2. The summed E-state index contributed by atoms with van der Waals surface area (Å²) in [5.41, 5.74) is 1.12. The molecule has 2 rings (SSSR count). The van der Waals surface area contributed by atoms with Gasteiger partial charge in [-0.2, -0.15) is 0 Å². The second-order valence-corrected chi connectivity index (χ2v) is 3.95. The van der Waals surface area contributed by atoms with Gasteiger partial charge in [-0.05, 0) is 12.8 Å². The second kappa shape index (κ2) is 5.29. The van der Waals surface area contributed by atoms with Crippen molar-refractivity contribution in [2.24, 2.45) is 0 Å². The second-order valence-electron chi connectivity index (χ2n) is 3.95. The van der Waals surface area contributed by atoms with Crippen molar-refractivity contribution in [3.63, 3.8) is 0 Å². The summed E-state index contributed by atoms with van der Waals surface area (Å²) < 4.78 is 11.5. The van der Waals surface area contributed by atoms with Gasteiger partial charge in [0.05, 0.1) is 12.7 Å². The lowest BCUT2D eigenvalue weighted by Gasteiger charge is -2.30. The van der Waals surface area contributed by atoms with Gasteiger partial charge in [0.2, 0.25) is 0 Å². The van der Waals surface area contributed by atoms with Crippen LogP contribution in [-0.2, 0) is 9.47 Å². The van der Waals surface area contributed by atoms with Crippen LogP contribution in [0.3, 0.4) is 0 Å². The van der Waals surface area contributed by atoms with Crippen LogP contribution in [0.4, 0.5) is 0 Å². The Morgan fingerprint density at radius 2 is 2.07 bits per heavy atom. The number of hydrogen-bond acceptors (Lipinski definition) is 2. The number of rotatable bonds is 3.